The Morgan fingerprint density at radius 2 is 0.955 bits per heavy atom. The molecule has 0 aliphatic carbocycles. The predicted molar refractivity (Wildman–Crippen MR) is 98.5 cm³/mol. The topological polar surface area (TPSA) is 0 Å². The van der Waals surface area contributed by atoms with Gasteiger partial charge in [0, 0.05) is 0 Å². The molecule has 0 N–H and O–H groups in total. The van der Waals surface area contributed by atoms with Crippen LogP contribution in [0.4, 0.5) is 0 Å². The van der Waals surface area contributed by atoms with Gasteiger partial charge in [0.25, 0.3) is 0 Å². The van der Waals surface area contributed by atoms with E-state index < -0.39 is 0 Å². The molecule has 0 heteroatoms. The van der Waals surface area contributed by atoms with Crippen molar-refractivity contribution in [2.24, 2.45) is 0 Å². The van der Waals surface area contributed by atoms with Crippen molar-refractivity contribution in [1.82, 2.24) is 0 Å². The van der Waals surface area contributed by atoms with E-state index in [1.165, 1.54) is 22.3 Å². The molecule has 0 saturated carbocycles. The summed E-state index contributed by atoms with van der Waals surface area (Å²) in [7, 11) is 0. The minimum absolute atomic E-state index is 1.21. The average Bonchev–Trinajstić information content (AvgIpc) is 2.59. The first kappa shape index (κ1) is 15.8. The molecule has 0 aromatic heterocycles. The van der Waals surface area contributed by atoms with Gasteiger partial charge in [-0.2, -0.15) is 0 Å². The van der Waals surface area contributed by atoms with Gasteiger partial charge in [-0.15, -0.1) is 0 Å². The summed E-state index contributed by atoms with van der Waals surface area (Å²) in [5, 5.41) is 0. The van der Waals surface area contributed by atoms with Gasteiger partial charge in [-0.3, -0.25) is 0 Å². The van der Waals surface area contributed by atoms with E-state index >= 15 is 0 Å². The summed E-state index contributed by atoms with van der Waals surface area (Å²) in [4.78, 5) is 0. The van der Waals surface area contributed by atoms with Crippen molar-refractivity contribution in [2.75, 3.05) is 0 Å². The fraction of sp³-hybridized carbons (Fsp3) is 0.0909. The molecule has 0 saturated heterocycles. The highest BCUT2D eigenvalue weighted by molar-refractivity contribution is 5.62. The first-order valence-electron chi connectivity index (χ1n) is 7.62. The molecule has 0 aliphatic rings. The molecule has 110 valence electrons. The number of hydrogen-bond donors (Lipinski definition) is 0. The van der Waals surface area contributed by atoms with Gasteiger partial charge >= 0.3 is 0 Å². The van der Waals surface area contributed by atoms with E-state index in [0.29, 0.717) is 0 Å². The maximum Gasteiger partial charge on any atom is -0.0230 e. The number of benzene rings is 2. The van der Waals surface area contributed by atoms with Crippen LogP contribution in [0.3, 0.4) is 0 Å². The molecule has 0 fully saturated rings. The quantitative estimate of drug-likeness (QED) is 0.565. The monoisotopic (exact) mass is 286 g/mol. The van der Waals surface area contributed by atoms with Crippen molar-refractivity contribution in [3.63, 3.8) is 0 Å². The highest BCUT2D eigenvalue weighted by Crippen LogP contribution is 2.17. The molecular weight excluding hydrogens is 264 g/mol. The van der Waals surface area contributed by atoms with Crippen LogP contribution in [0.2, 0.25) is 0 Å². The van der Waals surface area contributed by atoms with Gasteiger partial charge < -0.3 is 0 Å². The van der Waals surface area contributed by atoms with E-state index in [1.807, 2.05) is 12.1 Å². The molecule has 0 unspecified atom stereocenters. The summed E-state index contributed by atoms with van der Waals surface area (Å²) in [5.74, 6) is 0. The first-order valence-corrected chi connectivity index (χ1v) is 7.62. The van der Waals surface area contributed by atoms with Gasteiger partial charge in [0.15, 0.2) is 0 Å². The summed E-state index contributed by atoms with van der Waals surface area (Å²) in [5.41, 5.74) is 4.87. The molecule has 0 nitrogen and oxygen atoms in total. The zero-order valence-electron chi connectivity index (χ0n) is 13.2. The molecule has 0 amide bonds. The van der Waals surface area contributed by atoms with Gasteiger partial charge in [-0.25, -0.2) is 0 Å². The van der Waals surface area contributed by atoms with Gasteiger partial charge in [0.05, 0.1) is 0 Å². The smallest absolute Gasteiger partial charge is 0.0230 e. The largest absolute Gasteiger partial charge is 0.0798 e. The molecule has 0 aliphatic heterocycles. The van der Waals surface area contributed by atoms with Crippen LogP contribution in [0.1, 0.15) is 25.0 Å². The van der Waals surface area contributed by atoms with Crippen molar-refractivity contribution in [2.45, 2.75) is 13.8 Å². The maximum atomic E-state index is 2.17. The summed E-state index contributed by atoms with van der Waals surface area (Å²) < 4.78 is 0. The zero-order valence-corrected chi connectivity index (χ0v) is 13.2. The van der Waals surface area contributed by atoms with Gasteiger partial charge in [0.1, 0.15) is 0 Å². The molecule has 2 rings (SSSR count). The van der Waals surface area contributed by atoms with E-state index in [-0.39, 0.29) is 0 Å². The fourth-order valence-corrected chi connectivity index (χ4v) is 2.22. The lowest BCUT2D eigenvalue weighted by molar-refractivity contribution is 1.48. The third-order valence-corrected chi connectivity index (χ3v) is 3.47. The Morgan fingerprint density at radius 1 is 0.591 bits per heavy atom. The molecule has 22 heavy (non-hydrogen) atoms. The van der Waals surface area contributed by atoms with Gasteiger partial charge in [-0.1, -0.05) is 97.1 Å². The second kappa shape index (κ2) is 8.63. The van der Waals surface area contributed by atoms with Crippen molar-refractivity contribution in [3.05, 3.63) is 107 Å². The van der Waals surface area contributed by atoms with Gasteiger partial charge in [0.2, 0.25) is 0 Å². The number of allylic oxidation sites excluding steroid dienone is 6. The highest BCUT2D eigenvalue weighted by atomic mass is 14.0. The van der Waals surface area contributed by atoms with Crippen molar-refractivity contribution >= 4 is 12.2 Å². The lowest BCUT2D eigenvalue weighted by Crippen LogP contribution is -1.83. The minimum atomic E-state index is 1.21. The van der Waals surface area contributed by atoms with Crippen LogP contribution in [0.25, 0.3) is 12.2 Å². The second-order valence-electron chi connectivity index (χ2n) is 4.98. The van der Waals surface area contributed by atoms with Crippen LogP contribution in [0.15, 0.2) is 96.1 Å². The molecular formula is C22H22. The lowest BCUT2D eigenvalue weighted by atomic mass is 10.0. The Hall–Kier alpha value is -2.60. The van der Waals surface area contributed by atoms with E-state index in [0.717, 1.165) is 0 Å². The highest BCUT2D eigenvalue weighted by Gasteiger charge is 1.96. The Balaban J connectivity index is 2.15. The molecule has 0 radical (unpaired) electrons. The van der Waals surface area contributed by atoms with Crippen molar-refractivity contribution < 1.29 is 0 Å². The van der Waals surface area contributed by atoms with Crippen molar-refractivity contribution in [3.8, 4) is 0 Å². The Bertz CT molecular complexity index is 620. The van der Waals surface area contributed by atoms with E-state index in [4.69, 9.17) is 0 Å². The average molecular weight is 286 g/mol. The van der Waals surface area contributed by atoms with E-state index in [1.54, 1.807) is 0 Å². The number of hydrogen-bond acceptors (Lipinski definition) is 0. The second-order valence-corrected chi connectivity index (χ2v) is 4.98. The third-order valence-electron chi connectivity index (χ3n) is 3.47. The van der Waals surface area contributed by atoms with E-state index in [2.05, 4.69) is 98.8 Å². The first-order chi connectivity index (χ1) is 10.8. The third kappa shape index (κ3) is 4.75. The molecule has 0 bridgehead atoms. The Kier molecular flexibility index (Phi) is 6.19. The molecule has 2 aromatic carbocycles. The van der Waals surface area contributed by atoms with Gasteiger partial charge in [-0.05, 0) is 36.1 Å². The molecule has 2 aromatic rings. The maximum absolute atomic E-state index is 2.17. The van der Waals surface area contributed by atoms with Crippen LogP contribution in [-0.4, -0.2) is 0 Å². The molecule has 0 heterocycles. The SMILES string of the molecule is CC=C(C=Cc1ccccc1)C(C=Cc1ccccc1)=CC. The summed E-state index contributed by atoms with van der Waals surface area (Å²) >= 11 is 0. The van der Waals surface area contributed by atoms with E-state index in [9.17, 15) is 0 Å². The predicted octanol–water partition coefficient (Wildman–Crippen LogP) is 6.31. The van der Waals surface area contributed by atoms with Crippen LogP contribution >= 0.6 is 0 Å². The fourth-order valence-electron chi connectivity index (χ4n) is 2.22. The zero-order chi connectivity index (χ0) is 15.6. The normalized spacial score (nSPS) is 13.2. The Morgan fingerprint density at radius 3 is 1.27 bits per heavy atom. The summed E-state index contributed by atoms with van der Waals surface area (Å²) in [6.45, 7) is 4.15. The van der Waals surface area contributed by atoms with Crippen LogP contribution < -0.4 is 0 Å². The summed E-state index contributed by atoms with van der Waals surface area (Å²) in [6.07, 6.45) is 12.9. The summed E-state index contributed by atoms with van der Waals surface area (Å²) in [6, 6.07) is 20.7. The van der Waals surface area contributed by atoms with Crippen LogP contribution in [0, 0.1) is 0 Å². The number of rotatable bonds is 5. The lowest BCUT2D eigenvalue weighted by Gasteiger charge is -2.03. The van der Waals surface area contributed by atoms with Crippen LogP contribution in [-0.2, 0) is 0 Å². The van der Waals surface area contributed by atoms with Crippen LogP contribution in [0.5, 0.6) is 0 Å². The molecule has 0 spiro atoms. The minimum Gasteiger partial charge on any atom is -0.0798 e. The van der Waals surface area contributed by atoms with Crippen molar-refractivity contribution in [1.29, 1.82) is 0 Å². The standard InChI is InChI=1S/C22H22/c1-3-21(17-15-19-11-7-5-8-12-19)22(4-2)18-16-20-13-9-6-10-14-20/h3-18H,1-2H3. The Labute approximate surface area is 133 Å². The molecule has 0 atom stereocenters.